The molecule has 2 N–H and O–H groups in total. The smallest absolute Gasteiger partial charge is 0.251 e. The molecule has 4 heterocycles. The molecule has 0 spiro atoms. The number of piperidine rings is 1. The fourth-order valence-electron chi connectivity index (χ4n) is 4.73. The van der Waals surface area contributed by atoms with E-state index in [4.69, 9.17) is 0 Å². The average molecular weight is 377 g/mol. The highest BCUT2D eigenvalue weighted by Gasteiger charge is 2.37. The Morgan fingerprint density at radius 1 is 1.18 bits per heavy atom. The normalized spacial score (nSPS) is 23.4. The molecule has 1 aromatic carbocycles. The van der Waals surface area contributed by atoms with Crippen LogP contribution in [0.5, 0.6) is 0 Å². The van der Waals surface area contributed by atoms with Crippen molar-refractivity contribution in [2.75, 3.05) is 19.6 Å². The number of rotatable bonds is 4. The molecule has 2 aromatic heterocycles. The largest absolute Gasteiger partial charge is 0.352 e. The number of benzene rings is 1. The molecule has 28 heavy (non-hydrogen) atoms. The Morgan fingerprint density at radius 2 is 2.07 bits per heavy atom. The zero-order chi connectivity index (χ0) is 19.1. The van der Waals surface area contributed by atoms with E-state index in [9.17, 15) is 9.59 Å². The molecule has 1 amide bonds. The fourth-order valence-corrected chi connectivity index (χ4v) is 4.73. The number of aromatic nitrogens is 3. The van der Waals surface area contributed by atoms with Crippen LogP contribution in [-0.2, 0) is 11.3 Å². The number of nitrogens with zero attached hydrogens (tertiary/aromatic N) is 3. The van der Waals surface area contributed by atoms with Crippen molar-refractivity contribution in [1.29, 1.82) is 0 Å². The van der Waals surface area contributed by atoms with Crippen molar-refractivity contribution in [3.63, 3.8) is 0 Å². The van der Waals surface area contributed by atoms with Crippen LogP contribution in [0.2, 0.25) is 0 Å². The third-order valence-electron chi connectivity index (χ3n) is 6.05. The van der Waals surface area contributed by atoms with Crippen LogP contribution < -0.4 is 16.2 Å². The predicted molar refractivity (Wildman–Crippen MR) is 106 cm³/mol. The molecule has 0 aliphatic carbocycles. The summed E-state index contributed by atoms with van der Waals surface area (Å²) in [5.41, 5.74) is 2.04. The van der Waals surface area contributed by atoms with Gasteiger partial charge in [-0.3, -0.25) is 14.3 Å². The molecule has 7 nitrogen and oxygen atoms in total. The number of carbonyl (C=O) groups excluding carboxylic acids is 1. The van der Waals surface area contributed by atoms with E-state index in [0.29, 0.717) is 18.4 Å². The Hall–Kier alpha value is -2.93. The molecular weight excluding hydrogens is 354 g/mol. The number of hydrogen-bond donors (Lipinski definition) is 2. The van der Waals surface area contributed by atoms with Gasteiger partial charge >= 0.3 is 0 Å². The highest BCUT2D eigenvalue weighted by Crippen LogP contribution is 2.38. The lowest BCUT2D eigenvalue weighted by Crippen LogP contribution is -2.50. The number of nitrogens with one attached hydrogen (secondary N) is 2. The van der Waals surface area contributed by atoms with Crippen LogP contribution in [0.4, 0.5) is 0 Å². The van der Waals surface area contributed by atoms with Gasteiger partial charge in [0.25, 0.3) is 5.56 Å². The second-order valence-electron chi connectivity index (χ2n) is 7.74. The van der Waals surface area contributed by atoms with E-state index in [1.807, 2.05) is 41.0 Å². The molecule has 3 atom stereocenters. The SMILES string of the molecule is O=C(Cn1ncc2ccccc21)NC[C@H]1[C@@H]2CNC[C@@H](C2)c2cccc(=O)n21. The molecule has 0 radical (unpaired) electrons. The Balaban J connectivity index is 1.34. The molecule has 5 rings (SSSR count). The van der Waals surface area contributed by atoms with E-state index in [1.165, 1.54) is 0 Å². The summed E-state index contributed by atoms with van der Waals surface area (Å²) in [6.45, 7) is 2.41. The van der Waals surface area contributed by atoms with Gasteiger partial charge in [0.1, 0.15) is 6.54 Å². The standard InChI is InChI=1S/C21H23N5O2/c27-20(13-25-17-5-2-1-4-14(17)11-24-25)23-12-19-16-8-15(9-22-10-16)18-6-3-7-21(28)26(18)19/h1-7,11,15-16,19,22H,8-10,12-13H2,(H,23,27)/t15-,16+,19+/m1/s1. The van der Waals surface area contributed by atoms with E-state index in [2.05, 4.69) is 15.7 Å². The van der Waals surface area contributed by atoms with Crippen LogP contribution in [-0.4, -0.2) is 39.9 Å². The zero-order valence-electron chi connectivity index (χ0n) is 15.5. The summed E-state index contributed by atoms with van der Waals surface area (Å²) in [6.07, 6.45) is 2.83. The topological polar surface area (TPSA) is 81.0 Å². The van der Waals surface area contributed by atoms with Gasteiger partial charge in [0.15, 0.2) is 0 Å². The summed E-state index contributed by atoms with van der Waals surface area (Å²) in [7, 11) is 0. The molecule has 2 aliphatic heterocycles. The molecule has 3 aromatic rings. The van der Waals surface area contributed by atoms with E-state index >= 15 is 0 Å². The molecular formula is C21H23N5O2. The highest BCUT2D eigenvalue weighted by molar-refractivity contribution is 5.81. The summed E-state index contributed by atoms with van der Waals surface area (Å²) >= 11 is 0. The van der Waals surface area contributed by atoms with Crippen molar-refractivity contribution >= 4 is 16.8 Å². The number of pyridine rings is 1. The van der Waals surface area contributed by atoms with Gasteiger partial charge in [-0.15, -0.1) is 0 Å². The molecule has 1 saturated heterocycles. The second-order valence-corrected chi connectivity index (χ2v) is 7.74. The second kappa shape index (κ2) is 6.91. The first-order valence-electron chi connectivity index (χ1n) is 9.80. The highest BCUT2D eigenvalue weighted by atomic mass is 16.2. The first-order chi connectivity index (χ1) is 13.7. The number of fused-ring (bicyclic) bond motifs is 5. The first kappa shape index (κ1) is 17.2. The Morgan fingerprint density at radius 3 is 3.00 bits per heavy atom. The van der Waals surface area contributed by atoms with Gasteiger partial charge in [-0.25, -0.2) is 0 Å². The van der Waals surface area contributed by atoms with Gasteiger partial charge in [0.2, 0.25) is 5.91 Å². The Bertz CT molecular complexity index is 1090. The van der Waals surface area contributed by atoms with Crippen LogP contribution in [0.15, 0.2) is 53.5 Å². The molecule has 2 aliphatic rings. The maximum atomic E-state index is 12.6. The van der Waals surface area contributed by atoms with E-state index < -0.39 is 0 Å². The van der Waals surface area contributed by atoms with E-state index in [-0.39, 0.29) is 24.1 Å². The molecule has 0 unspecified atom stereocenters. The van der Waals surface area contributed by atoms with Crippen molar-refractivity contribution in [2.24, 2.45) is 5.92 Å². The minimum atomic E-state index is -0.0923. The summed E-state index contributed by atoms with van der Waals surface area (Å²) in [5, 5.41) is 11.9. The number of carbonyl (C=O) groups is 1. The Labute approximate surface area is 162 Å². The minimum absolute atomic E-state index is 0.0198. The Kier molecular flexibility index (Phi) is 4.24. The van der Waals surface area contributed by atoms with Crippen molar-refractivity contribution in [3.8, 4) is 0 Å². The molecule has 0 saturated carbocycles. The first-order valence-corrected chi connectivity index (χ1v) is 9.80. The summed E-state index contributed by atoms with van der Waals surface area (Å²) in [5.74, 6) is 0.623. The lowest BCUT2D eigenvalue weighted by molar-refractivity contribution is -0.122. The van der Waals surface area contributed by atoms with Gasteiger partial charge in [0, 0.05) is 42.7 Å². The minimum Gasteiger partial charge on any atom is -0.352 e. The summed E-state index contributed by atoms with van der Waals surface area (Å²) < 4.78 is 3.62. The molecule has 1 fully saturated rings. The van der Waals surface area contributed by atoms with Crippen LogP contribution in [0.3, 0.4) is 0 Å². The van der Waals surface area contributed by atoms with Crippen LogP contribution in [0, 0.1) is 5.92 Å². The molecule has 144 valence electrons. The van der Waals surface area contributed by atoms with Crippen molar-refractivity contribution < 1.29 is 4.79 Å². The van der Waals surface area contributed by atoms with E-state index in [1.54, 1.807) is 16.9 Å². The lowest BCUT2D eigenvalue weighted by atomic mass is 9.79. The van der Waals surface area contributed by atoms with Crippen molar-refractivity contribution in [1.82, 2.24) is 25.0 Å². The maximum absolute atomic E-state index is 12.6. The van der Waals surface area contributed by atoms with Crippen LogP contribution >= 0.6 is 0 Å². The fraction of sp³-hybridized carbons (Fsp3) is 0.381. The monoisotopic (exact) mass is 377 g/mol. The van der Waals surface area contributed by atoms with Gasteiger partial charge in [-0.05, 0) is 24.5 Å². The van der Waals surface area contributed by atoms with Crippen LogP contribution in [0.1, 0.15) is 24.1 Å². The number of para-hydroxylation sites is 1. The quantitative estimate of drug-likeness (QED) is 0.717. The van der Waals surface area contributed by atoms with E-state index in [0.717, 1.165) is 36.1 Å². The van der Waals surface area contributed by atoms with Gasteiger partial charge in [-0.2, -0.15) is 5.10 Å². The predicted octanol–water partition coefficient (Wildman–Crippen LogP) is 1.26. The zero-order valence-corrected chi connectivity index (χ0v) is 15.5. The van der Waals surface area contributed by atoms with Gasteiger partial charge in [0.05, 0.1) is 17.8 Å². The van der Waals surface area contributed by atoms with Gasteiger partial charge < -0.3 is 15.2 Å². The molecule has 7 heteroatoms. The van der Waals surface area contributed by atoms with Gasteiger partial charge in [-0.1, -0.05) is 24.3 Å². The third-order valence-corrected chi connectivity index (χ3v) is 6.05. The summed E-state index contributed by atoms with van der Waals surface area (Å²) in [4.78, 5) is 25.2. The number of amides is 1. The third kappa shape index (κ3) is 2.92. The van der Waals surface area contributed by atoms with Crippen molar-refractivity contribution in [3.05, 3.63) is 64.7 Å². The number of hydrogen-bond acceptors (Lipinski definition) is 4. The maximum Gasteiger partial charge on any atom is 0.251 e. The average Bonchev–Trinajstić information content (AvgIpc) is 3.11. The summed E-state index contributed by atoms with van der Waals surface area (Å²) in [6, 6.07) is 13.3. The lowest BCUT2D eigenvalue weighted by Gasteiger charge is -2.43. The molecule has 2 bridgehead atoms. The van der Waals surface area contributed by atoms with Crippen molar-refractivity contribution in [2.45, 2.75) is 24.9 Å². The van der Waals surface area contributed by atoms with Crippen LogP contribution in [0.25, 0.3) is 10.9 Å².